The Hall–Kier alpha value is -2.49. The second-order valence-corrected chi connectivity index (χ2v) is 5.91. The van der Waals surface area contributed by atoms with E-state index in [1.807, 2.05) is 73.3 Å². The van der Waals surface area contributed by atoms with Gasteiger partial charge in [0, 0.05) is 6.04 Å². The number of carbonyl (C=O) groups is 1. The first kappa shape index (κ1) is 15.4. The molecular weight excluding hydrogens is 290 g/mol. The Morgan fingerprint density at radius 1 is 0.957 bits per heavy atom. The lowest BCUT2D eigenvalue weighted by atomic mass is 9.89. The highest BCUT2D eigenvalue weighted by atomic mass is 16.5. The van der Waals surface area contributed by atoms with Gasteiger partial charge in [-0.15, -0.1) is 0 Å². The number of para-hydroxylation sites is 1. The molecule has 120 valence electrons. The van der Waals surface area contributed by atoms with Gasteiger partial charge in [-0.05, 0) is 43.7 Å². The zero-order valence-electron chi connectivity index (χ0n) is 13.6. The number of hydrogen-bond acceptors (Lipinski definition) is 3. The van der Waals surface area contributed by atoms with Gasteiger partial charge in [-0.25, -0.2) is 0 Å². The monoisotopic (exact) mass is 311 g/mol. The van der Waals surface area contributed by atoms with E-state index >= 15 is 0 Å². The number of likely N-dealkylation sites (tertiary alicyclic amines) is 1. The molecule has 0 N–H and O–H groups in total. The summed E-state index contributed by atoms with van der Waals surface area (Å²) in [6.45, 7) is 4.04. The van der Waals surface area contributed by atoms with Crippen molar-refractivity contribution in [3.8, 4) is 11.5 Å². The molecule has 23 heavy (non-hydrogen) atoms. The highest BCUT2D eigenvalue weighted by Gasteiger charge is 2.51. The summed E-state index contributed by atoms with van der Waals surface area (Å²) in [4.78, 5) is 14.4. The zero-order chi connectivity index (χ0) is 16.4. The van der Waals surface area contributed by atoms with E-state index in [4.69, 9.17) is 9.47 Å². The molecule has 2 atom stereocenters. The van der Waals surface area contributed by atoms with Crippen LogP contribution in [0, 0.1) is 0 Å². The topological polar surface area (TPSA) is 38.8 Å². The maximum atomic E-state index is 12.5. The van der Waals surface area contributed by atoms with E-state index in [9.17, 15) is 4.79 Å². The van der Waals surface area contributed by atoms with Crippen LogP contribution in [-0.4, -0.2) is 30.1 Å². The van der Waals surface area contributed by atoms with Crippen molar-refractivity contribution in [2.45, 2.75) is 32.0 Å². The fraction of sp³-hybridized carbons (Fsp3) is 0.316. The van der Waals surface area contributed by atoms with Gasteiger partial charge >= 0.3 is 0 Å². The van der Waals surface area contributed by atoms with Gasteiger partial charge in [-0.1, -0.05) is 30.3 Å². The summed E-state index contributed by atoms with van der Waals surface area (Å²) in [7, 11) is 1.64. The third-order valence-electron chi connectivity index (χ3n) is 4.10. The number of carbonyl (C=O) groups excluding carboxylic acids is 1. The van der Waals surface area contributed by atoms with Gasteiger partial charge in [0.1, 0.15) is 17.5 Å². The van der Waals surface area contributed by atoms with Crippen LogP contribution in [-0.2, 0) is 4.79 Å². The molecule has 4 heteroatoms. The van der Waals surface area contributed by atoms with E-state index < -0.39 is 6.10 Å². The highest BCUT2D eigenvalue weighted by Crippen LogP contribution is 2.39. The number of amides is 1. The molecule has 1 aliphatic rings. The Labute approximate surface area is 136 Å². The van der Waals surface area contributed by atoms with Crippen LogP contribution in [0.15, 0.2) is 54.6 Å². The standard InChI is InChI=1S/C19H21NO3/c1-13(2)20-17(14-9-11-15(22-3)12-10-14)18(19(20)21)23-16-7-5-4-6-8-16/h4-13,17-18H,1-3H3/t17-,18+/m0/s1. The molecule has 2 aromatic carbocycles. The number of β-lactam (4-membered cyclic amide) rings is 1. The van der Waals surface area contributed by atoms with Crippen molar-refractivity contribution in [1.82, 2.24) is 4.90 Å². The Morgan fingerprint density at radius 3 is 2.17 bits per heavy atom. The Kier molecular flexibility index (Phi) is 4.24. The summed E-state index contributed by atoms with van der Waals surface area (Å²) in [6.07, 6.45) is -0.479. The number of ether oxygens (including phenoxy) is 2. The zero-order valence-corrected chi connectivity index (χ0v) is 13.6. The Morgan fingerprint density at radius 2 is 1.61 bits per heavy atom. The van der Waals surface area contributed by atoms with Crippen molar-refractivity contribution >= 4 is 5.91 Å². The minimum atomic E-state index is -0.479. The number of nitrogens with zero attached hydrogens (tertiary/aromatic N) is 1. The Balaban J connectivity index is 1.86. The average Bonchev–Trinajstić information content (AvgIpc) is 2.58. The van der Waals surface area contributed by atoms with Crippen molar-refractivity contribution in [2.75, 3.05) is 7.11 Å². The van der Waals surface area contributed by atoms with E-state index in [1.54, 1.807) is 7.11 Å². The quantitative estimate of drug-likeness (QED) is 0.794. The second kappa shape index (κ2) is 6.32. The first-order chi connectivity index (χ1) is 11.1. The number of methoxy groups -OCH3 is 1. The molecule has 0 saturated carbocycles. The lowest BCUT2D eigenvalue weighted by molar-refractivity contribution is -0.167. The predicted molar refractivity (Wildman–Crippen MR) is 88.6 cm³/mol. The van der Waals surface area contributed by atoms with Crippen LogP contribution in [0.2, 0.25) is 0 Å². The first-order valence-electron chi connectivity index (χ1n) is 7.79. The largest absolute Gasteiger partial charge is 0.497 e. The van der Waals surface area contributed by atoms with Gasteiger partial charge in [0.05, 0.1) is 7.11 Å². The minimum Gasteiger partial charge on any atom is -0.497 e. The van der Waals surface area contributed by atoms with Crippen molar-refractivity contribution in [3.05, 3.63) is 60.2 Å². The van der Waals surface area contributed by atoms with Gasteiger partial charge in [-0.3, -0.25) is 4.79 Å². The molecule has 0 aromatic heterocycles. The summed E-state index contributed by atoms with van der Waals surface area (Å²) >= 11 is 0. The fourth-order valence-corrected chi connectivity index (χ4v) is 2.96. The molecule has 1 fully saturated rings. The fourth-order valence-electron chi connectivity index (χ4n) is 2.96. The van der Waals surface area contributed by atoms with Crippen molar-refractivity contribution < 1.29 is 14.3 Å². The van der Waals surface area contributed by atoms with Crippen LogP contribution < -0.4 is 9.47 Å². The molecule has 0 bridgehead atoms. The van der Waals surface area contributed by atoms with E-state index in [-0.39, 0.29) is 18.0 Å². The van der Waals surface area contributed by atoms with Crippen LogP contribution in [0.1, 0.15) is 25.5 Å². The van der Waals surface area contributed by atoms with Crippen LogP contribution in [0.4, 0.5) is 0 Å². The van der Waals surface area contributed by atoms with Crippen molar-refractivity contribution in [1.29, 1.82) is 0 Å². The summed E-state index contributed by atoms with van der Waals surface area (Å²) in [5.74, 6) is 1.55. The molecule has 0 radical (unpaired) electrons. The number of hydrogen-bond donors (Lipinski definition) is 0. The van der Waals surface area contributed by atoms with Crippen molar-refractivity contribution in [2.24, 2.45) is 0 Å². The molecule has 1 amide bonds. The van der Waals surface area contributed by atoms with E-state index in [0.717, 1.165) is 11.3 Å². The van der Waals surface area contributed by atoms with Gasteiger partial charge in [0.25, 0.3) is 5.91 Å². The van der Waals surface area contributed by atoms with Gasteiger partial charge < -0.3 is 14.4 Å². The van der Waals surface area contributed by atoms with E-state index in [1.165, 1.54) is 0 Å². The lowest BCUT2D eigenvalue weighted by Gasteiger charge is -2.49. The summed E-state index contributed by atoms with van der Waals surface area (Å²) < 4.78 is 11.2. The second-order valence-electron chi connectivity index (χ2n) is 5.91. The summed E-state index contributed by atoms with van der Waals surface area (Å²) in [5.41, 5.74) is 1.06. The molecule has 0 aliphatic carbocycles. The lowest BCUT2D eigenvalue weighted by Crippen LogP contribution is -2.63. The molecule has 3 rings (SSSR count). The van der Waals surface area contributed by atoms with Crippen LogP contribution >= 0.6 is 0 Å². The molecular formula is C19H21NO3. The minimum absolute atomic E-state index is 0.0321. The molecule has 4 nitrogen and oxygen atoms in total. The Bertz CT molecular complexity index is 667. The van der Waals surface area contributed by atoms with Crippen LogP contribution in [0.25, 0.3) is 0 Å². The maximum absolute atomic E-state index is 12.5. The summed E-state index contributed by atoms with van der Waals surface area (Å²) in [5, 5.41) is 0. The first-order valence-corrected chi connectivity index (χ1v) is 7.79. The molecule has 2 aromatic rings. The molecule has 1 heterocycles. The molecule has 0 unspecified atom stereocenters. The van der Waals surface area contributed by atoms with E-state index in [0.29, 0.717) is 5.75 Å². The highest BCUT2D eigenvalue weighted by molar-refractivity contribution is 5.89. The van der Waals surface area contributed by atoms with E-state index in [2.05, 4.69) is 0 Å². The molecule has 1 saturated heterocycles. The third-order valence-corrected chi connectivity index (χ3v) is 4.10. The predicted octanol–water partition coefficient (Wildman–Crippen LogP) is 3.43. The molecule has 1 aliphatic heterocycles. The normalized spacial score (nSPS) is 20.3. The van der Waals surface area contributed by atoms with Crippen LogP contribution in [0.5, 0.6) is 11.5 Å². The van der Waals surface area contributed by atoms with Gasteiger partial charge in [0.2, 0.25) is 6.10 Å². The number of rotatable bonds is 5. The van der Waals surface area contributed by atoms with Crippen LogP contribution in [0.3, 0.4) is 0 Å². The third kappa shape index (κ3) is 2.89. The maximum Gasteiger partial charge on any atom is 0.267 e. The van der Waals surface area contributed by atoms with Gasteiger partial charge in [-0.2, -0.15) is 0 Å². The average molecular weight is 311 g/mol. The van der Waals surface area contributed by atoms with Crippen molar-refractivity contribution in [3.63, 3.8) is 0 Å². The smallest absolute Gasteiger partial charge is 0.267 e. The molecule has 0 spiro atoms. The number of benzene rings is 2. The summed E-state index contributed by atoms with van der Waals surface area (Å²) in [6, 6.07) is 17.3. The SMILES string of the molecule is COc1ccc([C@H]2[C@@H](Oc3ccccc3)C(=O)N2C(C)C)cc1. The van der Waals surface area contributed by atoms with Gasteiger partial charge in [0.15, 0.2) is 0 Å².